The van der Waals surface area contributed by atoms with Crippen LogP contribution in [0.25, 0.3) is 0 Å². The first-order chi connectivity index (χ1) is 6.15. The SMILES string of the molecule is CCC(N)C(C)c1ncc(Cl)cn1. The van der Waals surface area contributed by atoms with E-state index in [1.165, 1.54) is 0 Å². The molecule has 0 radical (unpaired) electrons. The minimum Gasteiger partial charge on any atom is -0.327 e. The molecular formula is C9H14ClN3. The van der Waals surface area contributed by atoms with Crippen LogP contribution in [0.4, 0.5) is 0 Å². The Kier molecular flexibility index (Phi) is 3.63. The van der Waals surface area contributed by atoms with Gasteiger partial charge in [-0.2, -0.15) is 0 Å². The summed E-state index contributed by atoms with van der Waals surface area (Å²) in [4.78, 5) is 8.25. The number of nitrogens with zero attached hydrogens (tertiary/aromatic N) is 2. The number of hydrogen-bond acceptors (Lipinski definition) is 3. The molecule has 1 heterocycles. The van der Waals surface area contributed by atoms with Crippen molar-refractivity contribution in [2.75, 3.05) is 0 Å². The van der Waals surface area contributed by atoms with Crippen molar-refractivity contribution in [3.8, 4) is 0 Å². The van der Waals surface area contributed by atoms with Gasteiger partial charge >= 0.3 is 0 Å². The quantitative estimate of drug-likeness (QED) is 0.810. The molecule has 0 bridgehead atoms. The number of rotatable bonds is 3. The van der Waals surface area contributed by atoms with Gasteiger partial charge in [0.15, 0.2) is 0 Å². The maximum atomic E-state index is 5.87. The fraction of sp³-hybridized carbons (Fsp3) is 0.556. The van der Waals surface area contributed by atoms with Crippen LogP contribution < -0.4 is 5.73 Å². The lowest BCUT2D eigenvalue weighted by atomic mass is 10.00. The molecule has 0 spiro atoms. The summed E-state index contributed by atoms with van der Waals surface area (Å²) in [5.74, 6) is 0.945. The fourth-order valence-electron chi connectivity index (χ4n) is 1.10. The Morgan fingerprint density at radius 2 is 2.00 bits per heavy atom. The molecule has 2 N–H and O–H groups in total. The molecule has 1 rings (SSSR count). The van der Waals surface area contributed by atoms with Gasteiger partial charge in [0.25, 0.3) is 0 Å². The third kappa shape index (κ3) is 2.64. The van der Waals surface area contributed by atoms with Crippen molar-refractivity contribution < 1.29 is 0 Å². The van der Waals surface area contributed by atoms with Crippen molar-refractivity contribution in [2.45, 2.75) is 32.2 Å². The highest BCUT2D eigenvalue weighted by Crippen LogP contribution is 2.16. The predicted molar refractivity (Wildman–Crippen MR) is 53.7 cm³/mol. The van der Waals surface area contributed by atoms with E-state index in [9.17, 15) is 0 Å². The summed E-state index contributed by atoms with van der Waals surface area (Å²) in [5, 5.41) is 0.556. The molecular weight excluding hydrogens is 186 g/mol. The summed E-state index contributed by atoms with van der Waals surface area (Å²) in [6, 6.07) is 0.112. The lowest BCUT2D eigenvalue weighted by Crippen LogP contribution is -2.26. The molecule has 0 saturated heterocycles. The van der Waals surface area contributed by atoms with Crippen molar-refractivity contribution in [1.82, 2.24) is 9.97 Å². The van der Waals surface area contributed by atoms with Gasteiger partial charge in [-0.25, -0.2) is 9.97 Å². The van der Waals surface area contributed by atoms with Gasteiger partial charge in [-0.05, 0) is 6.42 Å². The molecule has 0 aromatic carbocycles. The highest BCUT2D eigenvalue weighted by atomic mass is 35.5. The lowest BCUT2D eigenvalue weighted by molar-refractivity contribution is 0.528. The van der Waals surface area contributed by atoms with Crippen LogP contribution in [0.15, 0.2) is 12.4 Å². The first kappa shape index (κ1) is 10.4. The van der Waals surface area contributed by atoms with Crippen LogP contribution in [-0.2, 0) is 0 Å². The zero-order valence-electron chi connectivity index (χ0n) is 7.87. The van der Waals surface area contributed by atoms with Crippen LogP contribution in [0.5, 0.6) is 0 Å². The molecule has 0 aliphatic rings. The van der Waals surface area contributed by atoms with Crippen molar-refractivity contribution in [1.29, 1.82) is 0 Å². The van der Waals surface area contributed by atoms with Crippen molar-refractivity contribution in [3.63, 3.8) is 0 Å². The largest absolute Gasteiger partial charge is 0.327 e. The summed E-state index contributed by atoms with van der Waals surface area (Å²) < 4.78 is 0. The van der Waals surface area contributed by atoms with Crippen LogP contribution in [0.1, 0.15) is 32.0 Å². The van der Waals surface area contributed by atoms with Crippen LogP contribution in [0.3, 0.4) is 0 Å². The average molecular weight is 200 g/mol. The van der Waals surface area contributed by atoms with Gasteiger partial charge in [0.05, 0.1) is 5.02 Å². The third-order valence-corrected chi connectivity index (χ3v) is 2.36. The molecule has 2 atom stereocenters. The van der Waals surface area contributed by atoms with E-state index >= 15 is 0 Å². The van der Waals surface area contributed by atoms with Gasteiger partial charge in [0.1, 0.15) is 5.82 Å². The maximum absolute atomic E-state index is 5.87. The summed E-state index contributed by atoms with van der Waals surface area (Å²) in [7, 11) is 0. The van der Waals surface area contributed by atoms with E-state index in [0.29, 0.717) is 5.02 Å². The number of aromatic nitrogens is 2. The highest BCUT2D eigenvalue weighted by molar-refractivity contribution is 6.30. The van der Waals surface area contributed by atoms with Gasteiger partial charge in [-0.3, -0.25) is 0 Å². The summed E-state index contributed by atoms with van der Waals surface area (Å²) in [6.45, 7) is 4.08. The second-order valence-corrected chi connectivity index (χ2v) is 3.56. The summed E-state index contributed by atoms with van der Waals surface area (Å²) in [6.07, 6.45) is 4.12. The third-order valence-electron chi connectivity index (χ3n) is 2.16. The standard InChI is InChI=1S/C9H14ClN3/c1-3-8(11)6(2)9-12-4-7(10)5-13-9/h4-6,8H,3,11H2,1-2H3. The van der Waals surface area contributed by atoms with Gasteiger partial charge in [0.2, 0.25) is 0 Å². The van der Waals surface area contributed by atoms with Crippen molar-refractivity contribution >= 4 is 11.6 Å². The molecule has 72 valence electrons. The molecule has 0 saturated carbocycles. The van der Waals surface area contributed by atoms with E-state index in [-0.39, 0.29) is 12.0 Å². The van der Waals surface area contributed by atoms with E-state index in [2.05, 4.69) is 16.9 Å². The first-order valence-electron chi connectivity index (χ1n) is 4.38. The Morgan fingerprint density at radius 1 is 1.46 bits per heavy atom. The molecule has 0 fully saturated rings. The lowest BCUT2D eigenvalue weighted by Gasteiger charge is -2.16. The van der Waals surface area contributed by atoms with Crippen molar-refractivity contribution in [2.24, 2.45) is 5.73 Å². The average Bonchev–Trinajstić information content (AvgIpc) is 2.17. The molecule has 1 aromatic rings. The summed E-state index contributed by atoms with van der Waals surface area (Å²) >= 11 is 5.67. The van der Waals surface area contributed by atoms with E-state index in [4.69, 9.17) is 17.3 Å². The van der Waals surface area contributed by atoms with E-state index in [1.807, 2.05) is 6.92 Å². The van der Waals surface area contributed by atoms with Crippen LogP contribution in [-0.4, -0.2) is 16.0 Å². The molecule has 3 nitrogen and oxygen atoms in total. The monoisotopic (exact) mass is 199 g/mol. The normalized spacial score (nSPS) is 15.4. The fourth-order valence-corrected chi connectivity index (χ4v) is 1.20. The zero-order valence-corrected chi connectivity index (χ0v) is 8.62. The van der Waals surface area contributed by atoms with Gasteiger partial charge < -0.3 is 5.73 Å². The minimum absolute atomic E-state index is 0.112. The number of nitrogens with two attached hydrogens (primary N) is 1. The smallest absolute Gasteiger partial charge is 0.132 e. The molecule has 4 heteroatoms. The second kappa shape index (κ2) is 4.53. The van der Waals surface area contributed by atoms with E-state index < -0.39 is 0 Å². The molecule has 13 heavy (non-hydrogen) atoms. The Hall–Kier alpha value is -0.670. The Labute approximate surface area is 83.3 Å². The maximum Gasteiger partial charge on any atom is 0.132 e. The Balaban J connectivity index is 2.77. The zero-order chi connectivity index (χ0) is 9.84. The second-order valence-electron chi connectivity index (χ2n) is 3.12. The predicted octanol–water partition coefficient (Wildman–Crippen LogP) is 1.97. The molecule has 0 aliphatic heterocycles. The summed E-state index contributed by atoms with van der Waals surface area (Å²) in [5.41, 5.74) is 5.87. The van der Waals surface area contributed by atoms with Crippen LogP contribution >= 0.6 is 11.6 Å². The number of halogens is 1. The highest BCUT2D eigenvalue weighted by Gasteiger charge is 2.15. The van der Waals surface area contributed by atoms with E-state index in [0.717, 1.165) is 12.2 Å². The molecule has 0 amide bonds. The van der Waals surface area contributed by atoms with Crippen molar-refractivity contribution in [3.05, 3.63) is 23.2 Å². The molecule has 0 aliphatic carbocycles. The Bertz CT molecular complexity index is 260. The topological polar surface area (TPSA) is 51.8 Å². The van der Waals surface area contributed by atoms with Gasteiger partial charge in [0, 0.05) is 24.4 Å². The molecule has 1 aromatic heterocycles. The van der Waals surface area contributed by atoms with E-state index in [1.54, 1.807) is 12.4 Å². The van der Waals surface area contributed by atoms with Gasteiger partial charge in [-0.1, -0.05) is 25.4 Å². The Morgan fingerprint density at radius 3 is 2.46 bits per heavy atom. The molecule has 2 unspecified atom stereocenters. The van der Waals surface area contributed by atoms with Gasteiger partial charge in [-0.15, -0.1) is 0 Å². The van der Waals surface area contributed by atoms with Crippen LogP contribution in [0, 0.1) is 0 Å². The first-order valence-corrected chi connectivity index (χ1v) is 4.76. The number of hydrogen-bond donors (Lipinski definition) is 1. The van der Waals surface area contributed by atoms with Crippen LogP contribution in [0.2, 0.25) is 5.02 Å². The minimum atomic E-state index is 0.112.